The molecule has 0 radical (unpaired) electrons. The molecular formula is C20H23N5. The second kappa shape index (κ2) is 7.15. The summed E-state index contributed by atoms with van der Waals surface area (Å²) in [6.45, 7) is 3.38. The van der Waals surface area contributed by atoms with Crippen molar-refractivity contribution in [2.45, 2.75) is 19.4 Å². The Bertz CT molecular complexity index is 827. The van der Waals surface area contributed by atoms with Gasteiger partial charge in [0.25, 0.3) is 0 Å². The molecule has 5 nitrogen and oxygen atoms in total. The van der Waals surface area contributed by atoms with E-state index in [4.69, 9.17) is 5.10 Å². The van der Waals surface area contributed by atoms with E-state index >= 15 is 0 Å². The highest BCUT2D eigenvalue weighted by Crippen LogP contribution is 2.24. The van der Waals surface area contributed by atoms with Crippen LogP contribution in [0.15, 0.2) is 55.1 Å². The first-order valence-electron chi connectivity index (χ1n) is 8.87. The monoisotopic (exact) mass is 333 g/mol. The van der Waals surface area contributed by atoms with Crippen molar-refractivity contribution in [3.63, 3.8) is 0 Å². The number of nitrogens with zero attached hydrogens (tertiary/aromatic N) is 5. The minimum Gasteiger partial charge on any atom is -0.306 e. The van der Waals surface area contributed by atoms with Crippen LogP contribution in [0.3, 0.4) is 0 Å². The van der Waals surface area contributed by atoms with Crippen LogP contribution in [0.2, 0.25) is 0 Å². The van der Waals surface area contributed by atoms with E-state index in [0.29, 0.717) is 5.92 Å². The van der Waals surface area contributed by atoms with Crippen molar-refractivity contribution in [1.29, 1.82) is 0 Å². The number of piperidine rings is 1. The number of hydrogen-bond acceptors (Lipinski definition) is 4. The molecule has 1 aliphatic heterocycles. The minimum absolute atomic E-state index is 0.692. The molecule has 1 unspecified atom stereocenters. The van der Waals surface area contributed by atoms with E-state index in [2.05, 4.69) is 63.1 Å². The van der Waals surface area contributed by atoms with E-state index in [-0.39, 0.29) is 0 Å². The van der Waals surface area contributed by atoms with Crippen LogP contribution in [0.25, 0.3) is 22.5 Å². The molecule has 0 saturated carbocycles. The predicted octanol–water partition coefficient (Wildman–Crippen LogP) is 3.35. The molecule has 128 valence electrons. The Balaban J connectivity index is 1.52. The van der Waals surface area contributed by atoms with Crippen molar-refractivity contribution in [3.8, 4) is 22.5 Å². The van der Waals surface area contributed by atoms with Gasteiger partial charge in [0.15, 0.2) is 0 Å². The minimum atomic E-state index is 0.692. The highest BCUT2D eigenvalue weighted by molar-refractivity contribution is 5.68. The molecule has 3 heterocycles. The molecule has 5 heteroatoms. The zero-order valence-electron chi connectivity index (χ0n) is 14.5. The first-order valence-corrected chi connectivity index (χ1v) is 8.87. The zero-order valence-corrected chi connectivity index (χ0v) is 14.5. The third kappa shape index (κ3) is 3.77. The van der Waals surface area contributed by atoms with E-state index in [0.717, 1.165) is 35.6 Å². The fourth-order valence-electron chi connectivity index (χ4n) is 3.59. The lowest BCUT2D eigenvalue weighted by Gasteiger charge is -2.29. The molecule has 1 atom stereocenters. The van der Waals surface area contributed by atoms with Crippen molar-refractivity contribution in [2.24, 2.45) is 5.92 Å². The largest absolute Gasteiger partial charge is 0.306 e. The second-order valence-corrected chi connectivity index (χ2v) is 6.86. The first-order chi connectivity index (χ1) is 12.3. The summed E-state index contributed by atoms with van der Waals surface area (Å²) in [5.74, 6) is 0.692. The molecule has 2 aromatic heterocycles. The van der Waals surface area contributed by atoms with Crippen molar-refractivity contribution in [2.75, 3.05) is 20.1 Å². The smallest absolute Gasteiger partial charge is 0.0923 e. The molecular weight excluding hydrogens is 310 g/mol. The third-order valence-corrected chi connectivity index (χ3v) is 4.83. The van der Waals surface area contributed by atoms with Gasteiger partial charge < -0.3 is 4.90 Å². The van der Waals surface area contributed by atoms with E-state index in [1.165, 1.54) is 19.4 Å². The van der Waals surface area contributed by atoms with Gasteiger partial charge in [-0.1, -0.05) is 18.2 Å². The summed E-state index contributed by atoms with van der Waals surface area (Å²) < 4.78 is 2.09. The van der Waals surface area contributed by atoms with Crippen LogP contribution in [0.1, 0.15) is 12.8 Å². The molecule has 0 N–H and O–H groups in total. The quantitative estimate of drug-likeness (QED) is 0.734. The number of likely N-dealkylation sites (tertiary alicyclic amines) is 1. The summed E-state index contributed by atoms with van der Waals surface area (Å²) in [5.41, 5.74) is 4.07. The molecule has 1 aliphatic rings. The van der Waals surface area contributed by atoms with Gasteiger partial charge >= 0.3 is 0 Å². The van der Waals surface area contributed by atoms with Gasteiger partial charge in [0.05, 0.1) is 17.6 Å². The molecule has 1 aromatic carbocycles. The highest BCUT2D eigenvalue weighted by atomic mass is 15.3. The van der Waals surface area contributed by atoms with E-state index in [9.17, 15) is 0 Å². The Morgan fingerprint density at radius 1 is 1.12 bits per heavy atom. The van der Waals surface area contributed by atoms with Crippen LogP contribution in [0.5, 0.6) is 0 Å². The van der Waals surface area contributed by atoms with Crippen LogP contribution in [-0.2, 0) is 6.54 Å². The van der Waals surface area contributed by atoms with Crippen molar-refractivity contribution < 1.29 is 0 Å². The van der Waals surface area contributed by atoms with Crippen LogP contribution in [-0.4, -0.2) is 44.8 Å². The maximum atomic E-state index is 4.80. The maximum absolute atomic E-state index is 4.80. The summed E-state index contributed by atoms with van der Waals surface area (Å²) in [5, 5.41) is 4.80. The number of benzene rings is 1. The predicted molar refractivity (Wildman–Crippen MR) is 98.9 cm³/mol. The molecule has 0 bridgehead atoms. The number of aromatic nitrogens is 4. The second-order valence-electron chi connectivity index (χ2n) is 6.86. The van der Waals surface area contributed by atoms with Gasteiger partial charge in [-0.15, -0.1) is 0 Å². The highest BCUT2D eigenvalue weighted by Gasteiger charge is 2.18. The summed E-state index contributed by atoms with van der Waals surface area (Å²) >= 11 is 0. The normalized spacial score (nSPS) is 18.4. The summed E-state index contributed by atoms with van der Waals surface area (Å²) in [6.07, 6.45) is 9.88. The standard InChI is InChI=1S/C20H23N5/c1-24-10-3-4-16(14-24)15-25-11-7-19(23-25)17-5-2-6-18(12-17)20-13-21-8-9-22-20/h2,5-9,11-13,16H,3-4,10,14-15H2,1H3. The molecule has 0 spiro atoms. The average Bonchev–Trinajstić information content (AvgIpc) is 3.11. The van der Waals surface area contributed by atoms with Gasteiger partial charge in [-0.05, 0) is 44.5 Å². The van der Waals surface area contributed by atoms with Crippen LogP contribution in [0.4, 0.5) is 0 Å². The Hall–Kier alpha value is -2.53. The molecule has 1 fully saturated rings. The Kier molecular flexibility index (Phi) is 4.57. The lowest BCUT2D eigenvalue weighted by Crippen LogP contribution is -2.34. The number of rotatable bonds is 4. The van der Waals surface area contributed by atoms with Gasteiger partial charge in [0.2, 0.25) is 0 Å². The summed E-state index contributed by atoms with van der Waals surface area (Å²) in [7, 11) is 2.21. The van der Waals surface area contributed by atoms with Gasteiger partial charge in [0, 0.05) is 42.8 Å². The Morgan fingerprint density at radius 2 is 2.00 bits per heavy atom. The molecule has 1 saturated heterocycles. The van der Waals surface area contributed by atoms with Crippen molar-refractivity contribution in [3.05, 3.63) is 55.1 Å². The SMILES string of the molecule is CN1CCCC(Cn2ccc(-c3cccc(-c4cnccn4)c3)n2)C1. The van der Waals surface area contributed by atoms with E-state index in [1.54, 1.807) is 18.6 Å². The molecule has 0 aliphatic carbocycles. The van der Waals surface area contributed by atoms with Crippen LogP contribution < -0.4 is 0 Å². The summed E-state index contributed by atoms with van der Waals surface area (Å²) in [4.78, 5) is 11.0. The van der Waals surface area contributed by atoms with Crippen LogP contribution in [0, 0.1) is 5.92 Å². The lowest BCUT2D eigenvalue weighted by molar-refractivity contribution is 0.191. The Labute approximate surface area is 148 Å². The van der Waals surface area contributed by atoms with E-state index < -0.39 is 0 Å². The number of hydrogen-bond donors (Lipinski definition) is 0. The zero-order chi connectivity index (χ0) is 17.1. The molecule has 4 rings (SSSR count). The van der Waals surface area contributed by atoms with Gasteiger partial charge in [0.1, 0.15) is 0 Å². The van der Waals surface area contributed by atoms with Crippen LogP contribution >= 0.6 is 0 Å². The molecule has 3 aromatic rings. The lowest BCUT2D eigenvalue weighted by atomic mass is 9.99. The average molecular weight is 333 g/mol. The Morgan fingerprint density at radius 3 is 2.80 bits per heavy atom. The van der Waals surface area contributed by atoms with Crippen molar-refractivity contribution >= 4 is 0 Å². The van der Waals surface area contributed by atoms with Gasteiger partial charge in [-0.25, -0.2) is 0 Å². The van der Waals surface area contributed by atoms with Crippen molar-refractivity contribution in [1.82, 2.24) is 24.6 Å². The molecule has 25 heavy (non-hydrogen) atoms. The van der Waals surface area contributed by atoms with E-state index in [1.807, 2.05) is 0 Å². The van der Waals surface area contributed by atoms with Gasteiger partial charge in [-0.3, -0.25) is 14.6 Å². The van der Waals surface area contributed by atoms with Gasteiger partial charge in [-0.2, -0.15) is 5.10 Å². The molecule has 0 amide bonds. The topological polar surface area (TPSA) is 46.8 Å². The maximum Gasteiger partial charge on any atom is 0.0923 e. The fraction of sp³-hybridized carbons (Fsp3) is 0.350. The third-order valence-electron chi connectivity index (χ3n) is 4.83. The fourth-order valence-corrected chi connectivity index (χ4v) is 3.59. The first kappa shape index (κ1) is 16.0. The summed E-state index contributed by atoms with van der Waals surface area (Å²) in [6, 6.07) is 10.4.